The Labute approximate surface area is 243 Å². The second-order valence-corrected chi connectivity index (χ2v) is 13.4. The zero-order valence-electron chi connectivity index (χ0n) is 23.1. The minimum atomic E-state index is -0.556. The zero-order chi connectivity index (χ0) is 27.4. The van der Waals surface area contributed by atoms with Gasteiger partial charge in [-0.2, -0.15) is 12.1 Å². The second-order valence-electron chi connectivity index (χ2n) is 9.76. The van der Waals surface area contributed by atoms with E-state index in [0.717, 1.165) is 9.52 Å². The predicted octanol–water partition coefficient (Wildman–Crippen LogP) is 10.4. The molecular weight excluding hydrogens is 543 g/mol. The molecule has 2 radical (unpaired) electrons. The first-order valence-corrected chi connectivity index (χ1v) is 18.5. The molecule has 0 heterocycles. The van der Waals surface area contributed by atoms with Crippen LogP contribution in [0, 0.1) is 13.8 Å². The predicted molar refractivity (Wildman–Crippen MR) is 166 cm³/mol. The van der Waals surface area contributed by atoms with Crippen molar-refractivity contribution in [3.05, 3.63) is 113 Å². The third-order valence-corrected chi connectivity index (χ3v) is 7.07. The maximum atomic E-state index is 4.89. The Hall–Kier alpha value is -1.61. The van der Waals surface area contributed by atoms with Crippen LogP contribution in [0.25, 0.3) is 21.5 Å². The van der Waals surface area contributed by atoms with Crippen molar-refractivity contribution in [3.8, 4) is 0 Å². The van der Waals surface area contributed by atoms with Crippen molar-refractivity contribution >= 4 is 54.9 Å². The average Bonchev–Trinajstić information content (AvgIpc) is 3.45. The SMILES string of the molecule is C[Si]c1ccccc1.Cc1cc2c(C(C)C)cccc2[cH-]1.Cc1cc2c(C(C)C)cccc2[cH-]1.[Cl][Ti][Cl]. The summed E-state index contributed by atoms with van der Waals surface area (Å²) >= 11 is -0.556. The number of fused-ring (bicyclic) bond motifs is 2. The molecule has 0 saturated heterocycles. The summed E-state index contributed by atoms with van der Waals surface area (Å²) in [4.78, 5) is 0. The van der Waals surface area contributed by atoms with E-state index in [9.17, 15) is 0 Å². The van der Waals surface area contributed by atoms with Gasteiger partial charge in [0, 0.05) is 0 Å². The van der Waals surface area contributed by atoms with Crippen LogP contribution in [0.4, 0.5) is 0 Å². The molecule has 0 spiro atoms. The summed E-state index contributed by atoms with van der Waals surface area (Å²) in [6.45, 7) is 15.5. The Bertz CT molecular complexity index is 1250. The quantitative estimate of drug-likeness (QED) is 0.147. The van der Waals surface area contributed by atoms with E-state index in [4.69, 9.17) is 18.6 Å². The molecule has 0 aliphatic carbocycles. The van der Waals surface area contributed by atoms with Gasteiger partial charge in [0.25, 0.3) is 0 Å². The van der Waals surface area contributed by atoms with Gasteiger partial charge in [-0.05, 0) is 11.8 Å². The number of hydrogen-bond donors (Lipinski definition) is 0. The van der Waals surface area contributed by atoms with E-state index in [1.54, 1.807) is 0 Å². The van der Waals surface area contributed by atoms with Crippen molar-refractivity contribution in [2.24, 2.45) is 0 Å². The molecule has 5 rings (SSSR count). The molecule has 0 atom stereocenters. The topological polar surface area (TPSA) is 0 Å². The summed E-state index contributed by atoms with van der Waals surface area (Å²) in [6, 6.07) is 32.7. The Morgan fingerprint density at radius 2 is 1.05 bits per heavy atom. The number of rotatable bonds is 3. The van der Waals surface area contributed by atoms with E-state index in [2.05, 4.69) is 133 Å². The summed E-state index contributed by atoms with van der Waals surface area (Å²) in [7, 11) is 10.7. The fourth-order valence-electron chi connectivity index (χ4n) is 4.43. The van der Waals surface area contributed by atoms with Crippen molar-refractivity contribution in [1.82, 2.24) is 0 Å². The van der Waals surface area contributed by atoms with Gasteiger partial charge in [0.2, 0.25) is 0 Å². The molecule has 0 aliphatic rings. The molecule has 194 valence electrons. The third-order valence-electron chi connectivity index (χ3n) is 6.16. The van der Waals surface area contributed by atoms with Gasteiger partial charge in [-0.1, -0.05) is 107 Å². The number of halogens is 2. The summed E-state index contributed by atoms with van der Waals surface area (Å²) in [6.07, 6.45) is 0. The van der Waals surface area contributed by atoms with E-state index in [-0.39, 0.29) is 0 Å². The van der Waals surface area contributed by atoms with Gasteiger partial charge in [-0.3, -0.25) is 0 Å². The first kappa shape index (κ1) is 31.6. The van der Waals surface area contributed by atoms with Crippen LogP contribution < -0.4 is 5.19 Å². The molecule has 37 heavy (non-hydrogen) atoms. The van der Waals surface area contributed by atoms with Crippen LogP contribution in [-0.4, -0.2) is 9.52 Å². The Kier molecular flexibility index (Phi) is 14.0. The third kappa shape index (κ3) is 9.89. The molecule has 5 aromatic carbocycles. The van der Waals surface area contributed by atoms with Gasteiger partial charge >= 0.3 is 35.6 Å². The van der Waals surface area contributed by atoms with Crippen LogP contribution in [0.3, 0.4) is 0 Å². The average molecular weight is 582 g/mol. The summed E-state index contributed by atoms with van der Waals surface area (Å²) < 4.78 is 0. The van der Waals surface area contributed by atoms with Crippen LogP contribution >= 0.6 is 18.6 Å². The minimum absolute atomic E-state index is 0.556. The Morgan fingerprint density at radius 1 is 0.649 bits per heavy atom. The molecule has 0 nitrogen and oxygen atoms in total. The first-order chi connectivity index (χ1) is 17.7. The van der Waals surface area contributed by atoms with Crippen LogP contribution in [-0.2, 0) is 17.0 Å². The first-order valence-electron chi connectivity index (χ1n) is 12.7. The summed E-state index contributed by atoms with van der Waals surface area (Å²) in [5.41, 5.74) is 5.66. The monoisotopic (exact) mass is 580 g/mol. The number of benzene rings is 3. The van der Waals surface area contributed by atoms with Crippen LogP contribution in [0.15, 0.2) is 91.0 Å². The molecule has 5 aromatic rings. The van der Waals surface area contributed by atoms with Gasteiger partial charge in [0.15, 0.2) is 0 Å². The van der Waals surface area contributed by atoms with Gasteiger partial charge in [0.05, 0.1) is 9.52 Å². The summed E-state index contributed by atoms with van der Waals surface area (Å²) in [5, 5.41) is 7.05. The van der Waals surface area contributed by atoms with E-state index >= 15 is 0 Å². The van der Waals surface area contributed by atoms with E-state index in [0.29, 0.717) is 11.8 Å². The molecule has 4 heteroatoms. The van der Waals surface area contributed by atoms with Crippen molar-refractivity contribution in [2.75, 3.05) is 0 Å². The van der Waals surface area contributed by atoms with Crippen molar-refractivity contribution < 1.29 is 17.0 Å². The fourth-order valence-corrected chi connectivity index (χ4v) is 4.96. The molecule has 0 saturated carbocycles. The van der Waals surface area contributed by atoms with Crippen LogP contribution in [0.1, 0.15) is 61.8 Å². The summed E-state index contributed by atoms with van der Waals surface area (Å²) in [5.74, 6) is 1.23. The standard InChI is InChI=1S/2C13H15.C7H8Si.2ClH.Ti/c2*1-9(2)12-6-4-5-11-7-10(3)8-13(11)12;1-8-7-5-3-2-4-6-7;;;/h2*4-9H,1-3H3;2-6H,1H3;2*1H;/q2*-1;;;;+2/p-2. The Balaban J connectivity index is 0.000000190. The van der Waals surface area contributed by atoms with Crippen LogP contribution in [0.5, 0.6) is 0 Å². The zero-order valence-corrected chi connectivity index (χ0v) is 27.1. The molecule has 0 bridgehead atoms. The van der Waals surface area contributed by atoms with Crippen LogP contribution in [0.2, 0.25) is 6.55 Å². The number of aryl methyl sites for hydroxylation is 2. The van der Waals surface area contributed by atoms with Crippen molar-refractivity contribution in [2.45, 2.75) is 59.9 Å². The fraction of sp³-hybridized carbons (Fsp3) is 0.273. The van der Waals surface area contributed by atoms with E-state index < -0.39 is 17.0 Å². The second kappa shape index (κ2) is 16.4. The maximum absolute atomic E-state index is 4.89. The molecule has 0 aromatic heterocycles. The number of hydrogen-bond acceptors (Lipinski definition) is 0. The van der Waals surface area contributed by atoms with Gasteiger partial charge in [-0.25, -0.2) is 0 Å². The molecular formula is C33H38Cl2SiTi-2. The van der Waals surface area contributed by atoms with Gasteiger partial charge in [0.1, 0.15) is 0 Å². The van der Waals surface area contributed by atoms with E-state index in [1.165, 1.54) is 49.0 Å². The molecule has 0 fully saturated rings. The molecule has 0 unspecified atom stereocenters. The molecule has 0 amide bonds. The van der Waals surface area contributed by atoms with E-state index in [1.807, 2.05) is 6.07 Å². The molecule has 0 aliphatic heterocycles. The van der Waals surface area contributed by atoms with Crippen molar-refractivity contribution in [1.29, 1.82) is 0 Å². The normalized spacial score (nSPS) is 10.4. The molecule has 0 N–H and O–H groups in total. The van der Waals surface area contributed by atoms with Crippen molar-refractivity contribution in [3.63, 3.8) is 0 Å². The Morgan fingerprint density at radius 3 is 1.38 bits per heavy atom. The van der Waals surface area contributed by atoms with Gasteiger partial charge in [-0.15, -0.1) is 69.1 Å². The van der Waals surface area contributed by atoms with Gasteiger partial charge < -0.3 is 0 Å².